The molecule has 1 aromatic heterocycles. The first kappa shape index (κ1) is 10.6. The summed E-state index contributed by atoms with van der Waals surface area (Å²) in [7, 11) is 0. The van der Waals surface area contributed by atoms with E-state index in [1.165, 1.54) is 11.3 Å². The zero-order chi connectivity index (χ0) is 11.1. The van der Waals surface area contributed by atoms with Crippen molar-refractivity contribution in [2.24, 2.45) is 0 Å². The van der Waals surface area contributed by atoms with Gasteiger partial charge in [0.15, 0.2) is 0 Å². The van der Waals surface area contributed by atoms with E-state index in [0.29, 0.717) is 17.2 Å². The number of carboxylic acids is 1. The highest BCUT2D eigenvalue weighted by Gasteiger charge is 2.35. The maximum Gasteiger partial charge on any atom is 0.347 e. The van der Waals surface area contributed by atoms with E-state index in [0.717, 1.165) is 18.0 Å². The molecule has 0 aliphatic carbocycles. The number of ether oxygens (including phenoxy) is 1. The average Bonchev–Trinajstić information content (AvgIpc) is 2.72. The molecule has 0 spiro atoms. The van der Waals surface area contributed by atoms with Crippen LogP contribution in [-0.2, 0) is 10.2 Å². The lowest BCUT2D eigenvalue weighted by molar-refractivity contribution is 0.0701. The number of aryl methyl sites for hydroxylation is 1. The van der Waals surface area contributed by atoms with Crippen LogP contribution in [0.25, 0.3) is 0 Å². The second-order valence-corrected chi connectivity index (χ2v) is 5.10. The van der Waals surface area contributed by atoms with Gasteiger partial charge in [0.1, 0.15) is 9.88 Å². The first-order valence-corrected chi connectivity index (χ1v) is 5.63. The predicted molar refractivity (Wildman–Crippen MR) is 56.6 cm³/mol. The normalized spacial score (nSPS) is 25.7. The summed E-state index contributed by atoms with van der Waals surface area (Å²) in [5, 5.41) is 9.83. The topological polar surface area (TPSA) is 59.4 Å². The number of aromatic nitrogens is 1. The molecule has 1 unspecified atom stereocenters. The van der Waals surface area contributed by atoms with E-state index in [2.05, 4.69) is 11.9 Å². The number of hydrogen-bond donors (Lipinski definition) is 1. The molecule has 1 saturated heterocycles. The molecule has 1 fully saturated rings. The number of thiazole rings is 1. The zero-order valence-corrected chi connectivity index (χ0v) is 9.56. The lowest BCUT2D eigenvalue weighted by Crippen LogP contribution is -2.21. The van der Waals surface area contributed by atoms with Gasteiger partial charge in [-0.05, 0) is 13.3 Å². The van der Waals surface area contributed by atoms with Crippen molar-refractivity contribution in [3.05, 3.63) is 15.6 Å². The molecular formula is C10H13NO3S. The maximum atomic E-state index is 10.9. The van der Waals surface area contributed by atoms with Crippen molar-refractivity contribution in [2.45, 2.75) is 25.7 Å². The smallest absolute Gasteiger partial charge is 0.347 e. The molecule has 0 bridgehead atoms. The maximum absolute atomic E-state index is 10.9. The first-order valence-electron chi connectivity index (χ1n) is 4.82. The fourth-order valence-corrected chi connectivity index (χ4v) is 2.75. The van der Waals surface area contributed by atoms with Crippen LogP contribution in [0.1, 0.15) is 33.7 Å². The molecule has 1 N–H and O–H groups in total. The number of carboxylic acid groups (broad SMARTS) is 1. The molecule has 1 aliphatic heterocycles. The van der Waals surface area contributed by atoms with Crippen molar-refractivity contribution in [1.29, 1.82) is 0 Å². The van der Waals surface area contributed by atoms with Gasteiger partial charge in [-0.2, -0.15) is 0 Å². The second-order valence-electron chi connectivity index (χ2n) is 4.10. The molecule has 4 nitrogen and oxygen atoms in total. The second kappa shape index (κ2) is 3.57. The molecule has 0 saturated carbocycles. The van der Waals surface area contributed by atoms with Gasteiger partial charge >= 0.3 is 5.97 Å². The monoisotopic (exact) mass is 227 g/mol. The molecule has 1 atom stereocenters. The van der Waals surface area contributed by atoms with Crippen molar-refractivity contribution < 1.29 is 14.6 Å². The SMILES string of the molecule is Cc1nc(C2(C)CCOC2)sc1C(=O)O. The van der Waals surface area contributed by atoms with Gasteiger partial charge in [-0.3, -0.25) is 0 Å². The lowest BCUT2D eigenvalue weighted by Gasteiger charge is -2.17. The molecule has 5 heteroatoms. The van der Waals surface area contributed by atoms with E-state index in [1.807, 2.05) is 0 Å². The number of nitrogens with zero attached hydrogens (tertiary/aromatic N) is 1. The van der Waals surface area contributed by atoms with Crippen molar-refractivity contribution in [1.82, 2.24) is 4.98 Å². The van der Waals surface area contributed by atoms with Crippen LogP contribution in [0, 0.1) is 6.92 Å². The third-order valence-corrected chi connectivity index (χ3v) is 4.18. The van der Waals surface area contributed by atoms with E-state index in [1.54, 1.807) is 6.92 Å². The van der Waals surface area contributed by atoms with Gasteiger partial charge in [0.25, 0.3) is 0 Å². The summed E-state index contributed by atoms with van der Waals surface area (Å²) < 4.78 is 5.34. The van der Waals surface area contributed by atoms with Gasteiger partial charge in [-0.25, -0.2) is 9.78 Å². The number of rotatable bonds is 2. The highest BCUT2D eigenvalue weighted by molar-refractivity contribution is 7.13. The third kappa shape index (κ3) is 1.77. The van der Waals surface area contributed by atoms with Gasteiger partial charge in [0, 0.05) is 12.0 Å². The van der Waals surface area contributed by atoms with E-state index >= 15 is 0 Å². The van der Waals surface area contributed by atoms with E-state index in [-0.39, 0.29) is 5.41 Å². The van der Waals surface area contributed by atoms with Crippen LogP contribution in [-0.4, -0.2) is 29.3 Å². The Morgan fingerprint density at radius 2 is 2.40 bits per heavy atom. The Labute approximate surface area is 91.9 Å². The molecular weight excluding hydrogens is 214 g/mol. The predicted octanol–water partition coefficient (Wildman–Crippen LogP) is 1.83. The summed E-state index contributed by atoms with van der Waals surface area (Å²) in [6.07, 6.45) is 0.916. The largest absolute Gasteiger partial charge is 0.477 e. The van der Waals surface area contributed by atoms with Crippen molar-refractivity contribution in [3.8, 4) is 0 Å². The van der Waals surface area contributed by atoms with Gasteiger partial charge in [0.05, 0.1) is 12.3 Å². The number of hydrogen-bond acceptors (Lipinski definition) is 4. The van der Waals surface area contributed by atoms with Crippen LogP contribution in [0.5, 0.6) is 0 Å². The van der Waals surface area contributed by atoms with Crippen LogP contribution < -0.4 is 0 Å². The zero-order valence-electron chi connectivity index (χ0n) is 8.74. The van der Waals surface area contributed by atoms with Gasteiger partial charge < -0.3 is 9.84 Å². The minimum absolute atomic E-state index is 0.0941. The Hall–Kier alpha value is -0.940. The Balaban J connectivity index is 2.37. The molecule has 0 radical (unpaired) electrons. The van der Waals surface area contributed by atoms with Crippen molar-refractivity contribution >= 4 is 17.3 Å². The molecule has 1 aliphatic rings. The summed E-state index contributed by atoms with van der Waals surface area (Å²) in [5.41, 5.74) is 0.513. The molecule has 1 aromatic rings. The standard InChI is InChI=1S/C10H13NO3S/c1-6-7(8(12)13)15-9(11-6)10(2)3-4-14-5-10/h3-5H2,1-2H3,(H,12,13). The van der Waals surface area contributed by atoms with Crippen LogP contribution >= 0.6 is 11.3 Å². The number of carbonyl (C=O) groups is 1. The number of aromatic carboxylic acids is 1. The van der Waals surface area contributed by atoms with Gasteiger partial charge in [0.2, 0.25) is 0 Å². The minimum Gasteiger partial charge on any atom is -0.477 e. The summed E-state index contributed by atoms with van der Waals surface area (Å²) in [6.45, 7) is 5.18. The van der Waals surface area contributed by atoms with E-state index < -0.39 is 5.97 Å². The molecule has 15 heavy (non-hydrogen) atoms. The molecule has 82 valence electrons. The van der Waals surface area contributed by atoms with Gasteiger partial charge in [-0.1, -0.05) is 6.92 Å². The molecule has 2 rings (SSSR count). The van der Waals surface area contributed by atoms with Crippen LogP contribution in [0.3, 0.4) is 0 Å². The highest BCUT2D eigenvalue weighted by Crippen LogP contribution is 2.36. The average molecular weight is 227 g/mol. The Morgan fingerprint density at radius 1 is 1.67 bits per heavy atom. The molecule has 0 aromatic carbocycles. The van der Waals surface area contributed by atoms with E-state index in [4.69, 9.17) is 9.84 Å². The summed E-state index contributed by atoms with van der Waals surface area (Å²) in [6, 6.07) is 0. The summed E-state index contributed by atoms with van der Waals surface area (Å²) in [4.78, 5) is 15.6. The Kier molecular flexibility index (Phi) is 2.52. The molecule has 0 amide bonds. The Morgan fingerprint density at radius 3 is 2.87 bits per heavy atom. The molecule has 2 heterocycles. The van der Waals surface area contributed by atoms with Crippen molar-refractivity contribution in [2.75, 3.05) is 13.2 Å². The lowest BCUT2D eigenvalue weighted by atomic mass is 9.91. The first-order chi connectivity index (χ1) is 7.03. The Bertz CT molecular complexity index is 393. The third-order valence-electron chi connectivity index (χ3n) is 2.73. The van der Waals surface area contributed by atoms with Crippen LogP contribution in [0.4, 0.5) is 0 Å². The van der Waals surface area contributed by atoms with E-state index in [9.17, 15) is 4.79 Å². The fourth-order valence-electron chi connectivity index (χ4n) is 1.69. The summed E-state index contributed by atoms with van der Waals surface area (Å²) >= 11 is 1.27. The highest BCUT2D eigenvalue weighted by atomic mass is 32.1. The summed E-state index contributed by atoms with van der Waals surface area (Å²) in [5.74, 6) is -0.890. The minimum atomic E-state index is -0.890. The van der Waals surface area contributed by atoms with Crippen LogP contribution in [0.2, 0.25) is 0 Å². The van der Waals surface area contributed by atoms with Crippen LogP contribution in [0.15, 0.2) is 0 Å². The van der Waals surface area contributed by atoms with Crippen molar-refractivity contribution in [3.63, 3.8) is 0 Å². The quantitative estimate of drug-likeness (QED) is 0.837. The fraction of sp³-hybridized carbons (Fsp3) is 0.600. The van der Waals surface area contributed by atoms with Gasteiger partial charge in [-0.15, -0.1) is 11.3 Å².